The molecule has 2 aromatic rings. The van der Waals surface area contributed by atoms with E-state index in [4.69, 9.17) is 11.6 Å². The molecule has 0 aromatic carbocycles. The van der Waals surface area contributed by atoms with E-state index in [1.54, 1.807) is 4.57 Å². The van der Waals surface area contributed by atoms with Crippen molar-refractivity contribution in [2.45, 2.75) is 31.3 Å². The molecule has 0 unspecified atom stereocenters. The van der Waals surface area contributed by atoms with E-state index in [1.807, 2.05) is 26.0 Å². The number of aromatic amines is 1. The molecule has 0 radical (unpaired) electrons. The summed E-state index contributed by atoms with van der Waals surface area (Å²) >= 11 is 7.57. The lowest BCUT2D eigenvalue weighted by Crippen LogP contribution is -2.16. The van der Waals surface area contributed by atoms with Crippen molar-refractivity contribution in [2.24, 2.45) is 0 Å². The van der Waals surface area contributed by atoms with Crippen molar-refractivity contribution in [3.8, 4) is 0 Å². The minimum absolute atomic E-state index is 0.199. The Morgan fingerprint density at radius 3 is 2.95 bits per heavy atom. The van der Waals surface area contributed by atoms with Gasteiger partial charge in [0, 0.05) is 18.8 Å². The Morgan fingerprint density at radius 1 is 1.45 bits per heavy atom. The Kier molecular flexibility index (Phi) is 5.08. The molecule has 0 aliphatic carbocycles. The van der Waals surface area contributed by atoms with Gasteiger partial charge in [-0.05, 0) is 26.0 Å². The van der Waals surface area contributed by atoms with Gasteiger partial charge in [-0.25, -0.2) is 14.9 Å². The van der Waals surface area contributed by atoms with Crippen LogP contribution in [0.25, 0.3) is 0 Å². The smallest absolute Gasteiger partial charge is 0.343 e. The summed E-state index contributed by atoms with van der Waals surface area (Å²) in [7, 11) is 0. The summed E-state index contributed by atoms with van der Waals surface area (Å²) in [6.45, 7) is 5.29. The zero-order chi connectivity index (χ0) is 14.5. The van der Waals surface area contributed by atoms with E-state index < -0.39 is 0 Å². The van der Waals surface area contributed by atoms with Crippen LogP contribution in [0.3, 0.4) is 0 Å². The van der Waals surface area contributed by atoms with Gasteiger partial charge >= 0.3 is 5.69 Å². The maximum Gasteiger partial charge on any atom is 0.343 e. The number of halogens is 1. The lowest BCUT2D eigenvalue weighted by molar-refractivity contribution is 0.660. The molecule has 0 aliphatic heterocycles. The van der Waals surface area contributed by atoms with Crippen LogP contribution in [0.4, 0.5) is 5.82 Å². The first-order valence-corrected chi connectivity index (χ1v) is 7.69. The highest BCUT2D eigenvalue weighted by Gasteiger charge is 2.10. The van der Waals surface area contributed by atoms with Crippen LogP contribution in [0.5, 0.6) is 0 Å². The topological polar surface area (TPSA) is 75.6 Å². The maximum atomic E-state index is 11.5. The third kappa shape index (κ3) is 3.34. The van der Waals surface area contributed by atoms with Gasteiger partial charge in [-0.2, -0.15) is 0 Å². The molecule has 0 saturated heterocycles. The van der Waals surface area contributed by atoms with Crippen LogP contribution in [-0.2, 0) is 12.3 Å². The van der Waals surface area contributed by atoms with Crippen molar-refractivity contribution in [2.75, 3.05) is 11.9 Å². The molecule has 0 amide bonds. The lowest BCUT2D eigenvalue weighted by Gasteiger charge is -2.07. The van der Waals surface area contributed by atoms with E-state index in [9.17, 15) is 4.79 Å². The summed E-state index contributed by atoms with van der Waals surface area (Å²) in [5.74, 6) is 1.35. The van der Waals surface area contributed by atoms with Crippen molar-refractivity contribution in [3.63, 3.8) is 0 Å². The third-order valence-corrected chi connectivity index (χ3v) is 3.99. The summed E-state index contributed by atoms with van der Waals surface area (Å²) in [4.78, 5) is 15.9. The molecule has 20 heavy (non-hydrogen) atoms. The van der Waals surface area contributed by atoms with E-state index in [2.05, 4.69) is 20.5 Å². The SMILES string of the molecule is CCNc1ccc(Cl)c(CSc2n[nH]c(=O)n2CC)n1. The molecule has 0 fully saturated rings. The average molecular weight is 314 g/mol. The van der Waals surface area contributed by atoms with Crippen LogP contribution in [0.15, 0.2) is 22.1 Å². The fourth-order valence-corrected chi connectivity index (χ4v) is 2.91. The van der Waals surface area contributed by atoms with Crippen molar-refractivity contribution >= 4 is 29.2 Å². The first kappa shape index (κ1) is 14.9. The van der Waals surface area contributed by atoms with Crippen LogP contribution in [-0.4, -0.2) is 26.3 Å². The van der Waals surface area contributed by atoms with Gasteiger partial charge in [0.15, 0.2) is 5.16 Å². The Hall–Kier alpha value is -1.47. The Balaban J connectivity index is 2.13. The van der Waals surface area contributed by atoms with Gasteiger partial charge in [0.25, 0.3) is 0 Å². The van der Waals surface area contributed by atoms with Gasteiger partial charge in [0.05, 0.1) is 10.7 Å². The molecule has 8 heteroatoms. The van der Waals surface area contributed by atoms with Crippen molar-refractivity contribution < 1.29 is 0 Å². The van der Waals surface area contributed by atoms with Gasteiger partial charge in [-0.3, -0.25) is 4.57 Å². The second kappa shape index (κ2) is 6.81. The maximum absolute atomic E-state index is 11.5. The number of nitrogens with zero attached hydrogens (tertiary/aromatic N) is 3. The first-order valence-electron chi connectivity index (χ1n) is 6.33. The summed E-state index contributed by atoms with van der Waals surface area (Å²) < 4.78 is 1.58. The van der Waals surface area contributed by atoms with Crippen molar-refractivity contribution in [3.05, 3.63) is 33.3 Å². The fourth-order valence-electron chi connectivity index (χ4n) is 1.69. The zero-order valence-electron chi connectivity index (χ0n) is 11.3. The van der Waals surface area contributed by atoms with Crippen molar-refractivity contribution in [1.82, 2.24) is 19.7 Å². The normalized spacial score (nSPS) is 10.8. The number of anilines is 1. The van der Waals surface area contributed by atoms with Gasteiger partial charge in [-0.15, -0.1) is 5.10 Å². The van der Waals surface area contributed by atoms with Gasteiger partial charge < -0.3 is 5.32 Å². The molecule has 2 N–H and O–H groups in total. The number of aromatic nitrogens is 4. The quantitative estimate of drug-likeness (QED) is 0.801. The average Bonchev–Trinajstić information content (AvgIpc) is 2.80. The van der Waals surface area contributed by atoms with Gasteiger partial charge in [0.2, 0.25) is 0 Å². The van der Waals surface area contributed by atoms with Crippen LogP contribution in [0.2, 0.25) is 5.02 Å². The Labute approximate surface area is 125 Å². The zero-order valence-corrected chi connectivity index (χ0v) is 12.9. The highest BCUT2D eigenvalue weighted by atomic mass is 35.5. The molecule has 2 rings (SSSR count). The number of H-pyrrole nitrogens is 1. The monoisotopic (exact) mass is 313 g/mol. The number of hydrogen-bond donors (Lipinski definition) is 2. The number of thioether (sulfide) groups is 1. The standard InChI is InChI=1S/C12H16ClN5OS/c1-3-14-10-6-5-8(13)9(15-10)7-20-12-17-16-11(19)18(12)4-2/h5-6H,3-4,7H2,1-2H3,(H,14,15)(H,16,19). The number of pyridine rings is 1. The largest absolute Gasteiger partial charge is 0.370 e. The van der Waals surface area contributed by atoms with Crippen LogP contribution in [0, 0.1) is 0 Å². The van der Waals surface area contributed by atoms with E-state index >= 15 is 0 Å². The van der Waals surface area contributed by atoms with E-state index in [0.717, 1.165) is 18.1 Å². The summed E-state index contributed by atoms with van der Waals surface area (Å²) in [5.41, 5.74) is 0.573. The lowest BCUT2D eigenvalue weighted by atomic mass is 10.3. The van der Waals surface area contributed by atoms with E-state index in [0.29, 0.717) is 22.5 Å². The van der Waals surface area contributed by atoms with Crippen LogP contribution < -0.4 is 11.0 Å². The molecule has 0 atom stereocenters. The molecule has 0 bridgehead atoms. The second-order valence-corrected chi connectivity index (χ2v) is 5.35. The third-order valence-electron chi connectivity index (χ3n) is 2.65. The van der Waals surface area contributed by atoms with Gasteiger partial charge in [-0.1, -0.05) is 23.4 Å². The van der Waals surface area contributed by atoms with E-state index in [1.165, 1.54) is 11.8 Å². The minimum atomic E-state index is -0.199. The fraction of sp³-hybridized carbons (Fsp3) is 0.417. The predicted molar refractivity (Wildman–Crippen MR) is 81.5 cm³/mol. The molecule has 2 heterocycles. The molecule has 0 spiro atoms. The number of rotatable bonds is 6. The first-order chi connectivity index (χ1) is 9.65. The summed E-state index contributed by atoms with van der Waals surface area (Å²) in [6, 6.07) is 3.66. The van der Waals surface area contributed by atoms with Crippen LogP contribution in [0.1, 0.15) is 19.5 Å². The molecular weight excluding hydrogens is 298 g/mol. The van der Waals surface area contributed by atoms with Crippen molar-refractivity contribution in [1.29, 1.82) is 0 Å². The summed E-state index contributed by atoms with van der Waals surface area (Å²) in [6.07, 6.45) is 0. The predicted octanol–water partition coefficient (Wildman–Crippen LogP) is 2.36. The summed E-state index contributed by atoms with van der Waals surface area (Å²) in [5, 5.41) is 10.8. The molecule has 6 nitrogen and oxygen atoms in total. The highest BCUT2D eigenvalue weighted by Crippen LogP contribution is 2.24. The molecule has 108 valence electrons. The van der Waals surface area contributed by atoms with Crippen LogP contribution >= 0.6 is 23.4 Å². The minimum Gasteiger partial charge on any atom is -0.370 e. The highest BCUT2D eigenvalue weighted by molar-refractivity contribution is 7.98. The second-order valence-electron chi connectivity index (χ2n) is 4.00. The molecule has 2 aromatic heterocycles. The molecule has 0 aliphatic rings. The molecule has 0 saturated carbocycles. The molecular formula is C12H16ClN5OS. The van der Waals surface area contributed by atoms with Gasteiger partial charge in [0.1, 0.15) is 5.82 Å². The van der Waals surface area contributed by atoms with E-state index in [-0.39, 0.29) is 5.69 Å². The number of hydrogen-bond acceptors (Lipinski definition) is 5. The Morgan fingerprint density at radius 2 is 2.25 bits per heavy atom. The number of nitrogens with one attached hydrogen (secondary N) is 2. The Bertz CT molecular complexity index is 639.